The number of likely N-dealkylation sites (N-methyl/N-ethyl adjacent to an activating group) is 1. The minimum atomic E-state index is -0.941. The second-order valence-electron chi connectivity index (χ2n) is 6.56. The lowest BCUT2D eigenvalue weighted by Gasteiger charge is -2.32. The van der Waals surface area contributed by atoms with Crippen molar-refractivity contribution in [3.63, 3.8) is 0 Å². The Morgan fingerprint density at radius 3 is 2.86 bits per heavy atom. The van der Waals surface area contributed by atoms with Gasteiger partial charge in [-0.05, 0) is 63.3 Å². The van der Waals surface area contributed by atoms with Gasteiger partial charge in [0.1, 0.15) is 5.82 Å². The highest BCUT2D eigenvalue weighted by Gasteiger charge is 2.26. The van der Waals surface area contributed by atoms with Crippen LogP contribution in [0.3, 0.4) is 0 Å². The van der Waals surface area contributed by atoms with E-state index in [4.69, 9.17) is 0 Å². The van der Waals surface area contributed by atoms with E-state index in [1.54, 1.807) is 24.8 Å². The molecule has 2 rings (SSSR count). The number of aliphatic hydroxyl groups is 1. The highest BCUT2D eigenvalue weighted by atomic mass is 19.1. The first-order chi connectivity index (χ1) is 10.3. The third-order valence-electron chi connectivity index (χ3n) is 3.97. The molecule has 0 bridgehead atoms. The third-order valence-corrected chi connectivity index (χ3v) is 3.97. The van der Waals surface area contributed by atoms with E-state index >= 15 is 0 Å². The monoisotopic (exact) mass is 308 g/mol. The fourth-order valence-electron chi connectivity index (χ4n) is 2.95. The molecule has 0 fully saturated rings. The second-order valence-corrected chi connectivity index (χ2v) is 6.56. The number of nitrogens with zero attached hydrogens (tertiary/aromatic N) is 1. The molecule has 0 saturated carbocycles. The summed E-state index contributed by atoms with van der Waals surface area (Å²) in [6.45, 7) is 6.00. The van der Waals surface area contributed by atoms with Crippen LogP contribution in [-0.2, 0) is 6.42 Å². The number of halogens is 1. The number of amides is 2. The van der Waals surface area contributed by atoms with Crippen molar-refractivity contribution in [2.24, 2.45) is 0 Å². The van der Waals surface area contributed by atoms with E-state index in [1.165, 1.54) is 12.1 Å². The molecule has 0 saturated heterocycles. The molecule has 22 heavy (non-hydrogen) atoms. The lowest BCUT2D eigenvalue weighted by Crippen LogP contribution is -2.48. The molecule has 122 valence electrons. The Hall–Kier alpha value is -1.62. The average molecular weight is 308 g/mol. The molecule has 1 unspecified atom stereocenters. The SMILES string of the molecule is CCN(CC(C)(C)O)C(=O)NC1CCCc2ccc(F)cc21. The summed E-state index contributed by atoms with van der Waals surface area (Å²) in [5.41, 5.74) is 1.03. The molecule has 4 nitrogen and oxygen atoms in total. The summed E-state index contributed by atoms with van der Waals surface area (Å²) in [4.78, 5) is 14.0. The van der Waals surface area contributed by atoms with Gasteiger partial charge < -0.3 is 15.3 Å². The molecule has 0 spiro atoms. The topological polar surface area (TPSA) is 52.6 Å². The average Bonchev–Trinajstić information content (AvgIpc) is 2.44. The normalized spacial score (nSPS) is 17.8. The van der Waals surface area contributed by atoms with Gasteiger partial charge >= 0.3 is 6.03 Å². The Kier molecular flexibility index (Phi) is 5.06. The van der Waals surface area contributed by atoms with Crippen LogP contribution in [0.15, 0.2) is 18.2 Å². The van der Waals surface area contributed by atoms with Gasteiger partial charge in [-0.2, -0.15) is 0 Å². The van der Waals surface area contributed by atoms with Gasteiger partial charge in [0.25, 0.3) is 0 Å². The number of urea groups is 1. The number of rotatable bonds is 4. The Bertz CT molecular complexity index is 540. The Balaban J connectivity index is 2.11. The van der Waals surface area contributed by atoms with Gasteiger partial charge in [0.15, 0.2) is 0 Å². The summed E-state index contributed by atoms with van der Waals surface area (Å²) in [7, 11) is 0. The number of carbonyl (C=O) groups excluding carboxylic acids is 1. The minimum absolute atomic E-state index is 0.164. The third kappa shape index (κ3) is 4.19. The molecular weight excluding hydrogens is 283 g/mol. The van der Waals surface area contributed by atoms with Crippen molar-refractivity contribution in [1.29, 1.82) is 0 Å². The van der Waals surface area contributed by atoms with E-state index in [-0.39, 0.29) is 24.4 Å². The first-order valence-corrected chi connectivity index (χ1v) is 7.86. The van der Waals surface area contributed by atoms with Crippen LogP contribution in [-0.4, -0.2) is 34.7 Å². The maximum absolute atomic E-state index is 13.5. The zero-order valence-corrected chi connectivity index (χ0v) is 13.5. The van der Waals surface area contributed by atoms with Crippen LogP contribution >= 0.6 is 0 Å². The fraction of sp³-hybridized carbons (Fsp3) is 0.588. The number of nitrogens with one attached hydrogen (secondary N) is 1. The molecule has 0 aromatic heterocycles. The van der Waals surface area contributed by atoms with E-state index in [9.17, 15) is 14.3 Å². The molecule has 0 radical (unpaired) electrons. The molecule has 5 heteroatoms. The van der Waals surface area contributed by atoms with E-state index in [2.05, 4.69) is 5.32 Å². The Labute approximate surface area is 131 Å². The largest absolute Gasteiger partial charge is 0.389 e. The van der Waals surface area contributed by atoms with Gasteiger partial charge in [-0.1, -0.05) is 6.07 Å². The van der Waals surface area contributed by atoms with Crippen LogP contribution in [0.2, 0.25) is 0 Å². The zero-order valence-electron chi connectivity index (χ0n) is 13.5. The maximum Gasteiger partial charge on any atom is 0.317 e. The number of aryl methyl sites for hydroxylation is 1. The summed E-state index contributed by atoms with van der Waals surface area (Å²) in [6.07, 6.45) is 2.70. The molecule has 1 aliphatic carbocycles. The van der Waals surface area contributed by atoms with Crippen LogP contribution in [0.5, 0.6) is 0 Å². The van der Waals surface area contributed by atoms with Crippen molar-refractivity contribution < 1.29 is 14.3 Å². The standard InChI is InChI=1S/C17H25FN2O2/c1-4-20(11-17(2,3)22)16(21)19-15-7-5-6-12-8-9-13(18)10-14(12)15/h8-10,15,22H,4-7,11H2,1-3H3,(H,19,21). The minimum Gasteiger partial charge on any atom is -0.389 e. The molecule has 2 N–H and O–H groups in total. The predicted molar refractivity (Wildman–Crippen MR) is 84.2 cm³/mol. The molecule has 1 atom stereocenters. The number of hydrogen-bond donors (Lipinski definition) is 2. The lowest BCUT2D eigenvalue weighted by molar-refractivity contribution is 0.0474. The molecule has 0 heterocycles. The van der Waals surface area contributed by atoms with Gasteiger partial charge in [0.05, 0.1) is 18.2 Å². The first-order valence-electron chi connectivity index (χ1n) is 7.86. The van der Waals surface area contributed by atoms with Gasteiger partial charge in [0.2, 0.25) is 0 Å². The van der Waals surface area contributed by atoms with Crippen LogP contribution in [0.1, 0.15) is 50.8 Å². The van der Waals surface area contributed by atoms with Crippen molar-refractivity contribution in [3.8, 4) is 0 Å². The fourth-order valence-corrected chi connectivity index (χ4v) is 2.95. The summed E-state index contributed by atoms with van der Waals surface area (Å²) in [5, 5.41) is 12.9. The summed E-state index contributed by atoms with van der Waals surface area (Å²) >= 11 is 0. The quantitative estimate of drug-likeness (QED) is 0.898. The van der Waals surface area contributed by atoms with Gasteiger partial charge in [-0.3, -0.25) is 0 Å². The van der Waals surface area contributed by atoms with E-state index in [0.29, 0.717) is 6.54 Å². The van der Waals surface area contributed by atoms with Crippen molar-refractivity contribution in [1.82, 2.24) is 10.2 Å². The number of benzene rings is 1. The summed E-state index contributed by atoms with van der Waals surface area (Å²) in [6, 6.07) is 4.41. The first kappa shape index (κ1) is 16.7. The van der Waals surface area contributed by atoms with Crippen molar-refractivity contribution in [3.05, 3.63) is 35.1 Å². The highest BCUT2D eigenvalue weighted by molar-refractivity contribution is 5.75. The molecule has 1 aliphatic rings. The van der Waals surface area contributed by atoms with Crippen LogP contribution in [0.25, 0.3) is 0 Å². The second kappa shape index (κ2) is 6.65. The molecule has 2 amide bonds. The summed E-state index contributed by atoms with van der Waals surface area (Å²) < 4.78 is 13.5. The van der Waals surface area contributed by atoms with Crippen molar-refractivity contribution >= 4 is 6.03 Å². The van der Waals surface area contributed by atoms with E-state index < -0.39 is 5.60 Å². The molecule has 1 aromatic carbocycles. The van der Waals surface area contributed by atoms with Crippen molar-refractivity contribution in [2.75, 3.05) is 13.1 Å². The van der Waals surface area contributed by atoms with Crippen molar-refractivity contribution in [2.45, 2.75) is 51.7 Å². The molecule has 1 aromatic rings. The number of carbonyl (C=O) groups is 1. The lowest BCUT2D eigenvalue weighted by atomic mass is 9.87. The van der Waals surface area contributed by atoms with Gasteiger partial charge in [-0.25, -0.2) is 9.18 Å². The predicted octanol–water partition coefficient (Wildman–Crippen LogP) is 3.01. The summed E-state index contributed by atoms with van der Waals surface area (Å²) in [5.74, 6) is -0.274. The van der Waals surface area contributed by atoms with E-state index in [1.807, 2.05) is 6.92 Å². The number of fused-ring (bicyclic) bond motifs is 1. The van der Waals surface area contributed by atoms with Crippen LogP contribution < -0.4 is 5.32 Å². The Morgan fingerprint density at radius 2 is 2.23 bits per heavy atom. The number of hydrogen-bond acceptors (Lipinski definition) is 2. The molecular formula is C17H25FN2O2. The molecule has 0 aliphatic heterocycles. The van der Waals surface area contributed by atoms with Gasteiger partial charge in [0, 0.05) is 6.54 Å². The van der Waals surface area contributed by atoms with Gasteiger partial charge in [-0.15, -0.1) is 0 Å². The van der Waals surface area contributed by atoms with E-state index in [0.717, 1.165) is 30.4 Å². The smallest absolute Gasteiger partial charge is 0.317 e. The Morgan fingerprint density at radius 1 is 1.50 bits per heavy atom. The maximum atomic E-state index is 13.5. The highest BCUT2D eigenvalue weighted by Crippen LogP contribution is 2.30. The zero-order chi connectivity index (χ0) is 16.3. The van der Waals surface area contributed by atoms with Crippen LogP contribution in [0.4, 0.5) is 9.18 Å². The van der Waals surface area contributed by atoms with Crippen LogP contribution in [0, 0.1) is 5.82 Å².